The van der Waals surface area contributed by atoms with Crippen LogP contribution < -0.4 is 14.9 Å². The quantitative estimate of drug-likeness (QED) is 0.104. The average Bonchev–Trinajstić information content (AvgIpc) is 3.44. The van der Waals surface area contributed by atoms with Crippen LogP contribution in [0.15, 0.2) is 102 Å². The van der Waals surface area contributed by atoms with E-state index in [1.54, 1.807) is 24.3 Å². The number of carbonyl (C=O) groups excluding carboxylic acids is 2. The molecule has 3 heterocycles. The molecule has 0 radical (unpaired) electrons. The summed E-state index contributed by atoms with van der Waals surface area (Å²) >= 11 is 30.2. The van der Waals surface area contributed by atoms with Gasteiger partial charge in [0.15, 0.2) is 12.6 Å². The lowest BCUT2D eigenvalue weighted by atomic mass is 9.77. The van der Waals surface area contributed by atoms with Gasteiger partial charge in [-0.25, -0.2) is 9.97 Å². The number of benzene rings is 4. The third-order valence-corrected chi connectivity index (χ3v) is 12.6. The van der Waals surface area contributed by atoms with E-state index >= 15 is 0 Å². The Labute approximate surface area is 373 Å². The van der Waals surface area contributed by atoms with E-state index in [4.69, 9.17) is 65.2 Å². The maximum Gasteiger partial charge on any atom is 0.496 e. The van der Waals surface area contributed by atoms with Crippen LogP contribution in [0.4, 0.5) is 0 Å². The predicted molar refractivity (Wildman–Crippen MR) is 244 cm³/mol. The third-order valence-electron chi connectivity index (χ3n) is 10.0. The number of pyridine rings is 2. The number of hydrogen-bond donors (Lipinski definition) is 0. The molecule has 1 aliphatic heterocycles. The summed E-state index contributed by atoms with van der Waals surface area (Å²) in [5, 5.41) is 2.11. The van der Waals surface area contributed by atoms with Gasteiger partial charge in [-0.1, -0.05) is 121 Å². The van der Waals surface area contributed by atoms with Gasteiger partial charge in [0.05, 0.1) is 63.0 Å². The van der Waals surface area contributed by atoms with E-state index in [0.717, 1.165) is 37.8 Å². The second-order valence-electron chi connectivity index (χ2n) is 14.1. The van der Waals surface area contributed by atoms with Crippen molar-refractivity contribution in [3.05, 3.63) is 133 Å². The Morgan fingerprint density at radius 3 is 1.36 bits per heavy atom. The molecule has 0 spiro atoms. The van der Waals surface area contributed by atoms with Gasteiger partial charge in [0.1, 0.15) is 0 Å². The van der Waals surface area contributed by atoms with Gasteiger partial charge in [0.25, 0.3) is 0 Å². The van der Waals surface area contributed by atoms with Crippen molar-refractivity contribution in [2.45, 2.75) is 46.3 Å². The Bertz CT molecular complexity index is 2520. The zero-order chi connectivity index (χ0) is 41.9. The molecule has 0 bridgehead atoms. The predicted octanol–water partition coefficient (Wildman–Crippen LogP) is 12.8. The van der Waals surface area contributed by atoms with Crippen LogP contribution in [-0.4, -0.2) is 55.1 Å². The van der Waals surface area contributed by atoms with E-state index in [1.807, 2.05) is 100 Å². The molecule has 0 saturated carbocycles. The second kappa shape index (κ2) is 19.0. The van der Waals surface area contributed by atoms with Gasteiger partial charge >= 0.3 is 7.12 Å². The van der Waals surface area contributed by atoms with E-state index in [-0.39, 0.29) is 19.2 Å². The highest BCUT2D eigenvalue weighted by Gasteiger charge is 2.52. The van der Waals surface area contributed by atoms with Crippen LogP contribution in [0, 0.1) is 0 Å². The molecule has 1 aliphatic rings. The van der Waals surface area contributed by atoms with Gasteiger partial charge in [0, 0.05) is 48.3 Å². The number of aldehydes is 2. The van der Waals surface area contributed by atoms with Crippen molar-refractivity contribution in [3.63, 3.8) is 0 Å². The molecule has 7 rings (SSSR count). The molecule has 8 nitrogen and oxygen atoms in total. The standard InChI is InChI=1S/C25H24BCl2NO4.C19H12BrCl2NO2.CH4/c1-24(2)25(3,4)33-26(32-24)19-11-7-9-17(22(19)28)16-8-6-10-18(21(16)27)20-13-12-15(14-30)23(29-20)31-5;1-25-19-11(10-24)8-9-16(23-19)14-6-2-4-12(17(14)21)13-5-3-7-15(20)18(13)22;/h6-14H,1-5H3;2-10H,1H3;1H4. The minimum absolute atomic E-state index is 0. The topological polar surface area (TPSA) is 96.8 Å². The lowest BCUT2D eigenvalue weighted by Gasteiger charge is -2.32. The van der Waals surface area contributed by atoms with Gasteiger partial charge in [-0.05, 0) is 74.0 Å². The Morgan fingerprint density at radius 2 is 0.932 bits per heavy atom. The van der Waals surface area contributed by atoms with E-state index in [0.29, 0.717) is 60.7 Å². The summed E-state index contributed by atoms with van der Waals surface area (Å²) in [6.45, 7) is 8.01. The molecule has 0 atom stereocenters. The number of carbonyl (C=O) groups is 2. The number of aromatic nitrogens is 2. The third kappa shape index (κ3) is 9.25. The van der Waals surface area contributed by atoms with Crippen LogP contribution in [0.2, 0.25) is 20.1 Å². The number of halogens is 5. The fourth-order valence-corrected chi connectivity index (χ4v) is 7.77. The first kappa shape index (κ1) is 45.8. The molecular formula is C45H40BBrCl4N2O6. The molecule has 0 unspecified atom stereocenters. The molecule has 1 saturated heterocycles. The number of nitrogens with zero attached hydrogens (tertiary/aromatic N) is 2. The Balaban J connectivity index is 0.000000229. The minimum atomic E-state index is -0.591. The zero-order valence-electron chi connectivity index (χ0n) is 32.2. The van der Waals surface area contributed by atoms with Crippen LogP contribution in [0.5, 0.6) is 11.8 Å². The summed E-state index contributed by atoms with van der Waals surface area (Å²) in [4.78, 5) is 31.1. The van der Waals surface area contributed by atoms with Crippen LogP contribution in [-0.2, 0) is 9.31 Å². The molecule has 14 heteroatoms. The Hall–Kier alpha value is -4.26. The van der Waals surface area contributed by atoms with E-state index in [9.17, 15) is 9.59 Å². The molecule has 59 heavy (non-hydrogen) atoms. The normalized spacial score (nSPS) is 13.8. The average molecular weight is 937 g/mol. The molecule has 1 fully saturated rings. The number of ether oxygens (including phenoxy) is 2. The first-order chi connectivity index (χ1) is 27.7. The molecule has 0 aliphatic carbocycles. The van der Waals surface area contributed by atoms with Crippen LogP contribution in [0.3, 0.4) is 0 Å². The van der Waals surface area contributed by atoms with Crippen molar-refractivity contribution in [1.29, 1.82) is 0 Å². The number of rotatable bonds is 9. The molecule has 0 N–H and O–H groups in total. The van der Waals surface area contributed by atoms with E-state index < -0.39 is 18.3 Å². The molecule has 4 aromatic carbocycles. The highest BCUT2D eigenvalue weighted by molar-refractivity contribution is 9.10. The van der Waals surface area contributed by atoms with Crippen molar-refractivity contribution in [3.8, 4) is 56.5 Å². The van der Waals surface area contributed by atoms with Crippen molar-refractivity contribution >= 4 is 87.5 Å². The molecular weight excluding hydrogens is 897 g/mol. The van der Waals surface area contributed by atoms with Gasteiger partial charge < -0.3 is 18.8 Å². The summed E-state index contributed by atoms with van der Waals surface area (Å²) in [6.07, 6.45) is 1.41. The Morgan fingerprint density at radius 1 is 0.559 bits per heavy atom. The van der Waals surface area contributed by atoms with E-state index in [1.165, 1.54) is 14.2 Å². The van der Waals surface area contributed by atoms with Gasteiger partial charge in [-0.3, -0.25) is 9.59 Å². The fraction of sp³-hybridized carbons (Fsp3) is 0.200. The van der Waals surface area contributed by atoms with Gasteiger partial charge in [0.2, 0.25) is 11.8 Å². The highest BCUT2D eigenvalue weighted by Crippen LogP contribution is 2.43. The summed E-state index contributed by atoms with van der Waals surface area (Å²) < 4.78 is 23.6. The van der Waals surface area contributed by atoms with E-state index in [2.05, 4.69) is 25.9 Å². The lowest BCUT2D eigenvalue weighted by Crippen LogP contribution is -2.41. The molecule has 2 aromatic heterocycles. The molecule has 0 amide bonds. The van der Waals surface area contributed by atoms with Gasteiger partial charge in [-0.15, -0.1) is 0 Å². The first-order valence-electron chi connectivity index (χ1n) is 17.8. The first-order valence-corrected chi connectivity index (χ1v) is 20.1. The summed E-state index contributed by atoms with van der Waals surface area (Å²) in [5.74, 6) is 0.499. The van der Waals surface area contributed by atoms with Crippen molar-refractivity contribution in [2.24, 2.45) is 0 Å². The maximum absolute atomic E-state index is 11.2. The van der Waals surface area contributed by atoms with Crippen LogP contribution >= 0.6 is 62.3 Å². The summed E-state index contributed by atoms with van der Waals surface area (Å²) in [7, 11) is 2.35. The summed E-state index contributed by atoms with van der Waals surface area (Å²) in [5.41, 5.74) is 6.27. The van der Waals surface area contributed by atoms with Crippen LogP contribution in [0.25, 0.3) is 44.8 Å². The zero-order valence-corrected chi connectivity index (χ0v) is 36.8. The maximum atomic E-state index is 11.2. The summed E-state index contributed by atoms with van der Waals surface area (Å²) in [6, 6.07) is 29.5. The Kier molecular flexibility index (Phi) is 14.7. The minimum Gasteiger partial charge on any atom is -0.480 e. The lowest BCUT2D eigenvalue weighted by molar-refractivity contribution is 0.00578. The van der Waals surface area contributed by atoms with Crippen molar-refractivity contribution < 1.29 is 28.4 Å². The SMILES string of the molecule is C.COc1nc(-c2cccc(-c3cccc(B4OC(C)(C)C(C)(C)O4)c3Cl)c2Cl)ccc1C=O.COc1nc(-c2cccc(-c3cccc(Br)c3Cl)c2Cl)ccc1C=O. The highest BCUT2D eigenvalue weighted by atomic mass is 79.9. The molecule has 304 valence electrons. The number of methoxy groups -OCH3 is 2. The van der Waals surface area contributed by atoms with Gasteiger partial charge in [-0.2, -0.15) is 0 Å². The largest absolute Gasteiger partial charge is 0.496 e. The monoisotopic (exact) mass is 934 g/mol. The molecule has 6 aromatic rings. The van der Waals surface area contributed by atoms with Crippen molar-refractivity contribution in [2.75, 3.05) is 14.2 Å². The smallest absolute Gasteiger partial charge is 0.480 e. The van der Waals surface area contributed by atoms with Crippen LogP contribution in [0.1, 0.15) is 55.8 Å². The number of hydrogen-bond acceptors (Lipinski definition) is 8. The van der Waals surface area contributed by atoms with Crippen molar-refractivity contribution in [1.82, 2.24) is 9.97 Å². The second-order valence-corrected chi connectivity index (χ2v) is 16.4. The fourth-order valence-electron chi connectivity index (χ4n) is 6.21.